The maximum Gasteiger partial charge on any atom is 0.141 e. The number of aromatic nitrogens is 2. The van der Waals surface area contributed by atoms with Gasteiger partial charge >= 0.3 is 0 Å². The Morgan fingerprint density at radius 3 is 2.17 bits per heavy atom. The zero-order valence-electron chi connectivity index (χ0n) is 11.7. The summed E-state index contributed by atoms with van der Waals surface area (Å²) in [7, 11) is 0. The van der Waals surface area contributed by atoms with Crippen molar-refractivity contribution in [3.8, 4) is 0 Å². The molecule has 0 aliphatic carbocycles. The van der Waals surface area contributed by atoms with Crippen LogP contribution < -0.4 is 10.6 Å². The van der Waals surface area contributed by atoms with E-state index in [4.69, 9.17) is 23.2 Å². The third-order valence-corrected chi connectivity index (χ3v) is 3.48. The fourth-order valence-electron chi connectivity index (χ4n) is 1.93. The first kappa shape index (κ1) is 15.5. The van der Waals surface area contributed by atoms with Crippen molar-refractivity contribution in [2.24, 2.45) is 0 Å². The van der Waals surface area contributed by atoms with Crippen molar-refractivity contribution in [1.82, 2.24) is 9.97 Å². The lowest BCUT2D eigenvalue weighted by atomic mass is 10.3. The zero-order chi connectivity index (χ0) is 16.2. The number of rotatable bonds is 4. The number of benzene rings is 2. The molecule has 1 heterocycles. The molecule has 2 aromatic carbocycles. The van der Waals surface area contributed by atoms with Gasteiger partial charge in [0.25, 0.3) is 0 Å². The summed E-state index contributed by atoms with van der Waals surface area (Å²) >= 11 is 11.7. The molecule has 7 heteroatoms. The van der Waals surface area contributed by atoms with Gasteiger partial charge in [0.1, 0.15) is 23.8 Å². The molecule has 0 amide bonds. The van der Waals surface area contributed by atoms with Gasteiger partial charge in [0.05, 0.1) is 5.02 Å². The lowest BCUT2D eigenvalue weighted by molar-refractivity contribution is 0.628. The Bertz CT molecular complexity index is 842. The minimum absolute atomic E-state index is 0.0429. The molecule has 3 aromatic rings. The van der Waals surface area contributed by atoms with Crippen LogP contribution in [-0.4, -0.2) is 9.97 Å². The van der Waals surface area contributed by atoms with Gasteiger partial charge in [-0.25, -0.2) is 14.4 Å². The molecule has 0 bridgehead atoms. The molecule has 0 radical (unpaired) electrons. The minimum atomic E-state index is -0.469. The first-order valence-corrected chi connectivity index (χ1v) is 7.42. The van der Waals surface area contributed by atoms with Crippen LogP contribution in [0.25, 0.3) is 0 Å². The first-order chi connectivity index (χ1) is 11.1. The lowest BCUT2D eigenvalue weighted by Crippen LogP contribution is -1.98. The second-order valence-corrected chi connectivity index (χ2v) is 5.52. The quantitative estimate of drug-likeness (QED) is 0.661. The highest BCUT2D eigenvalue weighted by molar-refractivity contribution is 6.31. The molecule has 23 heavy (non-hydrogen) atoms. The highest BCUT2D eigenvalue weighted by Crippen LogP contribution is 2.24. The summed E-state index contributed by atoms with van der Waals surface area (Å²) < 4.78 is 13.2. The van der Waals surface area contributed by atoms with Crippen LogP contribution in [0.15, 0.2) is 54.9 Å². The third kappa shape index (κ3) is 4.09. The molecule has 116 valence electrons. The van der Waals surface area contributed by atoms with Crippen molar-refractivity contribution in [1.29, 1.82) is 0 Å². The topological polar surface area (TPSA) is 49.8 Å². The van der Waals surface area contributed by atoms with Crippen molar-refractivity contribution in [2.45, 2.75) is 0 Å². The van der Waals surface area contributed by atoms with E-state index in [1.165, 1.54) is 18.5 Å². The van der Waals surface area contributed by atoms with Gasteiger partial charge in [0.15, 0.2) is 0 Å². The molecule has 0 atom stereocenters. The van der Waals surface area contributed by atoms with Gasteiger partial charge in [-0.3, -0.25) is 0 Å². The summed E-state index contributed by atoms with van der Waals surface area (Å²) in [5, 5.41) is 6.84. The number of halogens is 3. The number of anilines is 4. The fraction of sp³-hybridized carbons (Fsp3) is 0. The predicted octanol–water partition coefficient (Wildman–Crippen LogP) is 5.41. The normalized spacial score (nSPS) is 10.4. The zero-order valence-corrected chi connectivity index (χ0v) is 13.2. The van der Waals surface area contributed by atoms with Crippen LogP contribution in [0.3, 0.4) is 0 Å². The van der Waals surface area contributed by atoms with Crippen molar-refractivity contribution >= 4 is 46.2 Å². The highest BCUT2D eigenvalue weighted by Gasteiger charge is 2.04. The molecule has 2 N–H and O–H groups in total. The maximum absolute atomic E-state index is 13.2. The van der Waals surface area contributed by atoms with Crippen LogP contribution in [0, 0.1) is 5.82 Å². The summed E-state index contributed by atoms with van der Waals surface area (Å²) in [6.45, 7) is 0. The Morgan fingerprint density at radius 2 is 1.52 bits per heavy atom. The molecule has 4 nitrogen and oxygen atoms in total. The van der Waals surface area contributed by atoms with E-state index in [0.29, 0.717) is 22.3 Å². The number of nitrogens with one attached hydrogen (secondary N) is 2. The van der Waals surface area contributed by atoms with Crippen LogP contribution in [0.1, 0.15) is 0 Å². The van der Waals surface area contributed by atoms with Crippen molar-refractivity contribution in [3.05, 3.63) is 70.7 Å². The molecule has 0 unspecified atom stereocenters. The van der Waals surface area contributed by atoms with Gasteiger partial charge in [-0.1, -0.05) is 29.3 Å². The Balaban J connectivity index is 1.78. The van der Waals surface area contributed by atoms with Gasteiger partial charge < -0.3 is 10.6 Å². The molecular formula is C16H11Cl2FN4. The van der Waals surface area contributed by atoms with Crippen LogP contribution >= 0.6 is 23.2 Å². The molecule has 0 aliphatic heterocycles. The number of hydrogen-bond donors (Lipinski definition) is 2. The lowest BCUT2D eigenvalue weighted by Gasteiger charge is -2.09. The summed E-state index contributed by atoms with van der Waals surface area (Å²) in [5.41, 5.74) is 1.44. The molecule has 0 saturated heterocycles. The molecule has 3 rings (SSSR count). The highest BCUT2D eigenvalue weighted by atomic mass is 35.5. The second kappa shape index (κ2) is 6.81. The van der Waals surface area contributed by atoms with E-state index < -0.39 is 5.82 Å². The van der Waals surface area contributed by atoms with Gasteiger partial charge in [0.2, 0.25) is 0 Å². The molecule has 0 fully saturated rings. The van der Waals surface area contributed by atoms with Gasteiger partial charge in [-0.05, 0) is 36.4 Å². The summed E-state index contributed by atoms with van der Waals surface area (Å²) in [5.74, 6) is 0.674. The Kier molecular flexibility index (Phi) is 4.60. The Hall–Kier alpha value is -2.37. The number of hydrogen-bond acceptors (Lipinski definition) is 4. The van der Waals surface area contributed by atoms with Gasteiger partial charge in [-0.15, -0.1) is 0 Å². The van der Waals surface area contributed by atoms with Gasteiger partial charge in [0, 0.05) is 22.5 Å². The van der Waals surface area contributed by atoms with Crippen molar-refractivity contribution in [2.75, 3.05) is 10.6 Å². The maximum atomic E-state index is 13.2. The third-order valence-electron chi connectivity index (χ3n) is 2.96. The molecule has 0 aliphatic rings. The van der Waals surface area contributed by atoms with E-state index in [0.717, 1.165) is 5.69 Å². The minimum Gasteiger partial charge on any atom is -0.340 e. The average Bonchev–Trinajstić information content (AvgIpc) is 2.51. The Morgan fingerprint density at radius 1 is 0.826 bits per heavy atom. The standard InChI is InChI=1S/C16H11Cl2FN4/c17-10-2-1-3-11(6-10)22-15-8-16(21-9-20-15)23-12-4-5-14(19)13(18)7-12/h1-9H,(H2,20,21,22,23). The summed E-state index contributed by atoms with van der Waals surface area (Å²) in [6.07, 6.45) is 1.42. The second-order valence-electron chi connectivity index (χ2n) is 4.68. The molecule has 0 saturated carbocycles. The van der Waals surface area contributed by atoms with E-state index >= 15 is 0 Å². The predicted molar refractivity (Wildman–Crippen MR) is 91.5 cm³/mol. The van der Waals surface area contributed by atoms with Gasteiger partial charge in [-0.2, -0.15) is 0 Å². The molecule has 1 aromatic heterocycles. The summed E-state index contributed by atoms with van der Waals surface area (Å²) in [4.78, 5) is 8.27. The molecule has 0 spiro atoms. The van der Waals surface area contributed by atoms with E-state index in [2.05, 4.69) is 20.6 Å². The van der Waals surface area contributed by atoms with Crippen LogP contribution in [0.2, 0.25) is 10.0 Å². The van der Waals surface area contributed by atoms with Crippen molar-refractivity contribution < 1.29 is 4.39 Å². The largest absolute Gasteiger partial charge is 0.340 e. The molecular weight excluding hydrogens is 338 g/mol. The van der Waals surface area contributed by atoms with E-state index in [1.54, 1.807) is 24.3 Å². The SMILES string of the molecule is Fc1ccc(Nc2cc(Nc3cccc(Cl)c3)ncn2)cc1Cl. The monoisotopic (exact) mass is 348 g/mol. The van der Waals surface area contributed by atoms with Crippen LogP contribution in [0.4, 0.5) is 27.4 Å². The van der Waals surface area contributed by atoms with Crippen LogP contribution in [0.5, 0.6) is 0 Å². The Labute approximate surface area is 142 Å². The van der Waals surface area contributed by atoms with Crippen LogP contribution in [-0.2, 0) is 0 Å². The van der Waals surface area contributed by atoms with E-state index in [-0.39, 0.29) is 5.02 Å². The average molecular weight is 349 g/mol. The fourth-order valence-corrected chi connectivity index (χ4v) is 2.30. The summed E-state index contributed by atoms with van der Waals surface area (Å²) in [6, 6.07) is 13.4. The first-order valence-electron chi connectivity index (χ1n) is 6.67. The van der Waals surface area contributed by atoms with E-state index in [1.807, 2.05) is 12.1 Å². The smallest absolute Gasteiger partial charge is 0.141 e. The van der Waals surface area contributed by atoms with Crippen molar-refractivity contribution in [3.63, 3.8) is 0 Å². The number of nitrogens with zero attached hydrogens (tertiary/aromatic N) is 2. The van der Waals surface area contributed by atoms with E-state index in [9.17, 15) is 4.39 Å².